The summed E-state index contributed by atoms with van der Waals surface area (Å²) < 4.78 is 32.1. The smallest absolute Gasteiger partial charge is 0.247 e. The number of carbonyl (C=O) groups excluding carboxylic acids is 1. The van der Waals surface area contributed by atoms with Crippen LogP contribution in [0.2, 0.25) is 0 Å². The van der Waals surface area contributed by atoms with E-state index < -0.39 is 22.0 Å². The fourth-order valence-electron chi connectivity index (χ4n) is 2.44. The minimum Gasteiger partial charge on any atom is -0.494 e. The Kier molecular flexibility index (Phi) is 6.87. The first kappa shape index (κ1) is 20.5. The van der Waals surface area contributed by atoms with Gasteiger partial charge in [-0.1, -0.05) is 0 Å². The molecule has 2 rings (SSSR count). The van der Waals surface area contributed by atoms with Crippen molar-refractivity contribution in [1.82, 2.24) is 0 Å². The molecule has 6 nitrogen and oxygen atoms in total. The lowest BCUT2D eigenvalue weighted by molar-refractivity contribution is -0.116. The number of anilines is 2. The quantitative estimate of drug-likeness (QED) is 0.606. The average molecular weight is 488 g/mol. The van der Waals surface area contributed by atoms with E-state index in [9.17, 15) is 13.2 Å². The molecule has 1 atom stereocenters. The van der Waals surface area contributed by atoms with Gasteiger partial charge in [-0.2, -0.15) is 0 Å². The van der Waals surface area contributed by atoms with Crippen LogP contribution in [0.25, 0.3) is 0 Å². The van der Waals surface area contributed by atoms with Gasteiger partial charge in [-0.05, 0) is 85.0 Å². The van der Waals surface area contributed by atoms with Crippen molar-refractivity contribution in [3.05, 3.63) is 52.1 Å². The number of amides is 1. The molecule has 0 bridgehead atoms. The highest BCUT2D eigenvalue weighted by molar-refractivity contribution is 14.1. The first-order valence-corrected chi connectivity index (χ1v) is 10.9. The molecule has 0 aliphatic heterocycles. The highest BCUT2D eigenvalue weighted by Gasteiger charge is 2.29. The summed E-state index contributed by atoms with van der Waals surface area (Å²) in [7, 11) is -3.66. The van der Waals surface area contributed by atoms with Crippen molar-refractivity contribution in [1.29, 1.82) is 0 Å². The fourth-order valence-corrected chi connectivity index (χ4v) is 3.98. The van der Waals surface area contributed by atoms with Crippen molar-refractivity contribution >= 4 is 49.9 Å². The Bertz CT molecular complexity index is 852. The third-order valence-electron chi connectivity index (χ3n) is 3.60. The van der Waals surface area contributed by atoms with Crippen LogP contribution in [0.3, 0.4) is 0 Å². The normalized spacial score (nSPS) is 12.3. The van der Waals surface area contributed by atoms with Gasteiger partial charge in [-0.25, -0.2) is 8.42 Å². The summed E-state index contributed by atoms with van der Waals surface area (Å²) in [5.74, 6) is 0.228. The van der Waals surface area contributed by atoms with Gasteiger partial charge in [0.25, 0.3) is 0 Å². The van der Waals surface area contributed by atoms with Crippen molar-refractivity contribution in [2.75, 3.05) is 22.5 Å². The second kappa shape index (κ2) is 8.72. The standard InChI is InChI=1S/C18H21IN2O4S/c1-4-25-17-11-9-16(10-12-17)21(26(3,23)24)13(2)18(22)20-15-7-5-14(19)6-8-15/h5-13H,4H2,1-3H3,(H,20,22). The largest absolute Gasteiger partial charge is 0.494 e. The van der Waals surface area contributed by atoms with Crippen LogP contribution in [-0.2, 0) is 14.8 Å². The molecular weight excluding hydrogens is 467 g/mol. The van der Waals surface area contributed by atoms with Gasteiger partial charge in [0.2, 0.25) is 15.9 Å². The van der Waals surface area contributed by atoms with Crippen molar-refractivity contribution in [2.45, 2.75) is 19.9 Å². The summed E-state index contributed by atoms with van der Waals surface area (Å²) in [6, 6.07) is 13.0. The lowest BCUT2D eigenvalue weighted by Crippen LogP contribution is -2.45. The van der Waals surface area contributed by atoms with Crippen LogP contribution in [0, 0.1) is 3.57 Å². The highest BCUT2D eigenvalue weighted by atomic mass is 127. The van der Waals surface area contributed by atoms with Crippen molar-refractivity contribution in [3.8, 4) is 5.75 Å². The number of sulfonamides is 1. The lowest BCUT2D eigenvalue weighted by atomic mass is 10.2. The van der Waals surface area contributed by atoms with Crippen LogP contribution < -0.4 is 14.4 Å². The Labute approximate surface area is 167 Å². The molecule has 0 spiro atoms. The zero-order valence-electron chi connectivity index (χ0n) is 14.8. The predicted octanol–water partition coefficient (Wildman–Crippen LogP) is 3.48. The number of nitrogens with one attached hydrogen (secondary N) is 1. The molecule has 0 aliphatic rings. The number of hydrogen-bond acceptors (Lipinski definition) is 4. The maximum absolute atomic E-state index is 12.6. The van der Waals surface area contributed by atoms with Crippen LogP contribution >= 0.6 is 22.6 Å². The minimum atomic E-state index is -3.66. The molecule has 0 aliphatic carbocycles. The number of halogens is 1. The van der Waals surface area contributed by atoms with Gasteiger partial charge in [0, 0.05) is 9.26 Å². The van der Waals surface area contributed by atoms with Crippen molar-refractivity contribution in [3.63, 3.8) is 0 Å². The van der Waals surface area contributed by atoms with Crippen LogP contribution in [0.15, 0.2) is 48.5 Å². The molecule has 0 heterocycles. The highest BCUT2D eigenvalue weighted by Crippen LogP contribution is 2.24. The van der Waals surface area contributed by atoms with Gasteiger partial charge in [-0.3, -0.25) is 9.10 Å². The van der Waals surface area contributed by atoms with Crippen LogP contribution in [-0.4, -0.2) is 33.2 Å². The Hall–Kier alpha value is -1.81. The van der Waals surface area contributed by atoms with E-state index in [2.05, 4.69) is 27.9 Å². The Morgan fingerprint density at radius 3 is 2.23 bits per heavy atom. The Morgan fingerprint density at radius 1 is 1.15 bits per heavy atom. The number of ether oxygens (including phenoxy) is 1. The van der Waals surface area contributed by atoms with Gasteiger partial charge in [0.05, 0.1) is 18.6 Å². The predicted molar refractivity (Wildman–Crippen MR) is 112 cm³/mol. The molecule has 2 aromatic carbocycles. The molecule has 0 fully saturated rings. The van der Waals surface area contributed by atoms with Gasteiger partial charge >= 0.3 is 0 Å². The van der Waals surface area contributed by atoms with E-state index in [1.807, 2.05) is 19.1 Å². The zero-order chi connectivity index (χ0) is 19.3. The van der Waals surface area contributed by atoms with E-state index in [1.54, 1.807) is 43.3 Å². The Morgan fingerprint density at radius 2 is 1.73 bits per heavy atom. The molecule has 140 valence electrons. The first-order chi connectivity index (χ1) is 12.2. The second-order valence-corrected chi connectivity index (χ2v) is 8.76. The molecule has 1 unspecified atom stereocenters. The van der Waals surface area contributed by atoms with E-state index >= 15 is 0 Å². The minimum absolute atomic E-state index is 0.404. The SMILES string of the molecule is CCOc1ccc(N(C(C)C(=O)Nc2ccc(I)cc2)S(C)(=O)=O)cc1. The molecular formula is C18H21IN2O4S. The van der Waals surface area contributed by atoms with E-state index in [-0.39, 0.29) is 0 Å². The molecule has 26 heavy (non-hydrogen) atoms. The number of hydrogen-bond donors (Lipinski definition) is 1. The van der Waals surface area contributed by atoms with Gasteiger partial charge in [0.1, 0.15) is 11.8 Å². The number of nitrogens with zero attached hydrogens (tertiary/aromatic N) is 1. The molecule has 1 amide bonds. The maximum atomic E-state index is 12.6. The summed E-state index contributed by atoms with van der Waals surface area (Å²) in [5.41, 5.74) is 1.02. The lowest BCUT2D eigenvalue weighted by Gasteiger charge is -2.28. The number of benzene rings is 2. The summed E-state index contributed by atoms with van der Waals surface area (Å²) in [6.07, 6.45) is 1.08. The second-order valence-electron chi connectivity index (χ2n) is 5.66. The molecule has 1 N–H and O–H groups in total. The topological polar surface area (TPSA) is 75.7 Å². The van der Waals surface area contributed by atoms with E-state index in [0.29, 0.717) is 23.7 Å². The molecule has 8 heteroatoms. The summed E-state index contributed by atoms with van der Waals surface area (Å²) >= 11 is 2.17. The van der Waals surface area contributed by atoms with Crippen LogP contribution in [0.5, 0.6) is 5.75 Å². The molecule has 2 aromatic rings. The van der Waals surface area contributed by atoms with E-state index in [0.717, 1.165) is 14.1 Å². The third-order valence-corrected chi connectivity index (χ3v) is 5.56. The molecule has 0 aromatic heterocycles. The van der Waals surface area contributed by atoms with Gasteiger partial charge in [-0.15, -0.1) is 0 Å². The van der Waals surface area contributed by atoms with Crippen LogP contribution in [0.4, 0.5) is 11.4 Å². The zero-order valence-corrected chi connectivity index (χ0v) is 17.7. The Balaban J connectivity index is 2.25. The summed E-state index contributed by atoms with van der Waals surface area (Å²) in [5, 5.41) is 2.75. The fraction of sp³-hybridized carbons (Fsp3) is 0.278. The van der Waals surface area contributed by atoms with E-state index in [4.69, 9.17) is 4.74 Å². The number of rotatable bonds is 7. The third kappa shape index (κ3) is 5.34. The molecule has 0 radical (unpaired) electrons. The summed E-state index contributed by atoms with van der Waals surface area (Å²) in [4.78, 5) is 12.6. The van der Waals surface area contributed by atoms with Crippen LogP contribution in [0.1, 0.15) is 13.8 Å². The number of carbonyl (C=O) groups is 1. The molecule has 0 saturated carbocycles. The van der Waals surface area contributed by atoms with Crippen molar-refractivity contribution < 1.29 is 17.9 Å². The average Bonchev–Trinajstić information content (AvgIpc) is 2.57. The van der Waals surface area contributed by atoms with Crippen molar-refractivity contribution in [2.24, 2.45) is 0 Å². The van der Waals surface area contributed by atoms with E-state index in [1.165, 1.54) is 0 Å². The van der Waals surface area contributed by atoms with Gasteiger partial charge in [0.15, 0.2) is 0 Å². The monoisotopic (exact) mass is 488 g/mol. The summed E-state index contributed by atoms with van der Waals surface area (Å²) in [6.45, 7) is 3.94. The maximum Gasteiger partial charge on any atom is 0.247 e. The molecule has 0 saturated heterocycles. The first-order valence-electron chi connectivity index (χ1n) is 8.01. The van der Waals surface area contributed by atoms with Gasteiger partial charge < -0.3 is 10.1 Å².